The molecule has 2 aliphatic heterocycles. The fourth-order valence-electron chi connectivity index (χ4n) is 3.78. The Labute approximate surface area is 175 Å². The molecule has 4 heterocycles. The Morgan fingerprint density at radius 3 is 2.63 bits per heavy atom. The fraction of sp³-hybridized carbons (Fsp3) is 0.476. The first-order chi connectivity index (χ1) is 14.6. The van der Waals surface area contributed by atoms with E-state index in [0.717, 1.165) is 36.1 Å². The highest BCUT2D eigenvalue weighted by Crippen LogP contribution is 2.24. The second-order valence-corrected chi connectivity index (χ2v) is 7.63. The number of rotatable bonds is 4. The molecule has 158 valence electrons. The predicted octanol–water partition coefficient (Wildman–Crippen LogP) is 1.42. The first-order valence-electron chi connectivity index (χ1n) is 10.3. The molecule has 4 rings (SSSR count). The number of nitrogens with zero attached hydrogens (tertiary/aromatic N) is 5. The third-order valence-electron chi connectivity index (χ3n) is 5.54. The van der Waals surface area contributed by atoms with E-state index < -0.39 is 0 Å². The molecule has 9 nitrogen and oxygen atoms in total. The van der Waals surface area contributed by atoms with Crippen LogP contribution < -0.4 is 5.73 Å². The minimum absolute atomic E-state index is 0.0332. The zero-order chi connectivity index (χ0) is 20.9. The Morgan fingerprint density at radius 2 is 1.87 bits per heavy atom. The molecule has 2 N–H and O–H groups in total. The van der Waals surface area contributed by atoms with Crippen LogP contribution in [-0.4, -0.2) is 69.4 Å². The quantitative estimate of drug-likeness (QED) is 0.811. The van der Waals surface area contributed by atoms with Gasteiger partial charge in [0, 0.05) is 49.2 Å². The summed E-state index contributed by atoms with van der Waals surface area (Å²) in [4.78, 5) is 41.0. The van der Waals surface area contributed by atoms with Gasteiger partial charge in [0.15, 0.2) is 0 Å². The van der Waals surface area contributed by atoms with Crippen molar-refractivity contribution in [1.29, 1.82) is 0 Å². The van der Waals surface area contributed by atoms with Crippen LogP contribution in [0.15, 0.2) is 30.7 Å². The summed E-state index contributed by atoms with van der Waals surface area (Å²) in [6.45, 7) is 2.21. The molecule has 0 radical (unpaired) electrons. The third kappa shape index (κ3) is 4.73. The molecule has 2 saturated heterocycles. The van der Waals surface area contributed by atoms with Gasteiger partial charge in [0.1, 0.15) is 6.10 Å². The number of hydrogen-bond donors (Lipinski definition) is 1. The Bertz CT molecular complexity index is 887. The van der Waals surface area contributed by atoms with Gasteiger partial charge in [0.25, 0.3) is 0 Å². The van der Waals surface area contributed by atoms with E-state index in [1.165, 1.54) is 0 Å². The number of anilines is 1. The van der Waals surface area contributed by atoms with Gasteiger partial charge in [-0.3, -0.25) is 14.6 Å². The molecule has 30 heavy (non-hydrogen) atoms. The summed E-state index contributed by atoms with van der Waals surface area (Å²) in [5.41, 5.74) is 8.00. The zero-order valence-electron chi connectivity index (χ0n) is 16.9. The smallest absolute Gasteiger partial charge is 0.242 e. The summed E-state index contributed by atoms with van der Waals surface area (Å²) in [6.07, 6.45) is 8.20. The number of ether oxygens (including phenoxy) is 1. The zero-order valence-corrected chi connectivity index (χ0v) is 16.9. The van der Waals surface area contributed by atoms with E-state index in [4.69, 9.17) is 10.5 Å². The molecule has 2 amide bonds. The number of morpholine rings is 1. The molecule has 1 unspecified atom stereocenters. The summed E-state index contributed by atoms with van der Waals surface area (Å²) in [5.74, 6) is 0.273. The van der Waals surface area contributed by atoms with Crippen molar-refractivity contribution in [1.82, 2.24) is 24.8 Å². The molecular formula is C21H26N6O3. The Hall–Kier alpha value is -3.07. The average Bonchev–Trinajstić information content (AvgIpc) is 2.98. The number of amides is 2. The van der Waals surface area contributed by atoms with E-state index >= 15 is 0 Å². The van der Waals surface area contributed by atoms with Crippen molar-refractivity contribution < 1.29 is 14.3 Å². The van der Waals surface area contributed by atoms with E-state index in [-0.39, 0.29) is 30.4 Å². The molecule has 2 fully saturated rings. The summed E-state index contributed by atoms with van der Waals surface area (Å²) >= 11 is 0. The average molecular weight is 410 g/mol. The van der Waals surface area contributed by atoms with Gasteiger partial charge in [0.05, 0.1) is 25.4 Å². The van der Waals surface area contributed by atoms with Gasteiger partial charge in [-0.2, -0.15) is 0 Å². The van der Waals surface area contributed by atoms with Gasteiger partial charge in [-0.1, -0.05) is 12.5 Å². The van der Waals surface area contributed by atoms with Crippen molar-refractivity contribution in [3.05, 3.63) is 36.4 Å². The van der Waals surface area contributed by atoms with Crippen LogP contribution in [0.2, 0.25) is 0 Å². The van der Waals surface area contributed by atoms with Gasteiger partial charge >= 0.3 is 0 Å². The van der Waals surface area contributed by atoms with Crippen molar-refractivity contribution in [3.8, 4) is 11.1 Å². The second kappa shape index (κ2) is 9.17. The molecule has 0 aliphatic carbocycles. The maximum atomic E-state index is 12.8. The molecule has 0 bridgehead atoms. The van der Waals surface area contributed by atoms with Gasteiger partial charge in [-0.15, -0.1) is 0 Å². The van der Waals surface area contributed by atoms with Gasteiger partial charge in [-0.25, -0.2) is 9.97 Å². The molecule has 2 aromatic heterocycles. The fourth-order valence-corrected chi connectivity index (χ4v) is 3.78. The Morgan fingerprint density at radius 1 is 1.07 bits per heavy atom. The van der Waals surface area contributed by atoms with Crippen LogP contribution in [0.1, 0.15) is 37.5 Å². The van der Waals surface area contributed by atoms with Crippen molar-refractivity contribution in [2.45, 2.75) is 31.8 Å². The molecular weight excluding hydrogens is 384 g/mol. The lowest BCUT2D eigenvalue weighted by atomic mass is 10.1. The maximum Gasteiger partial charge on any atom is 0.242 e. The van der Waals surface area contributed by atoms with Crippen molar-refractivity contribution in [2.75, 3.05) is 38.5 Å². The number of nitrogens with two attached hydrogens (primary N) is 1. The number of carbonyl (C=O) groups is 2. The van der Waals surface area contributed by atoms with E-state index in [0.29, 0.717) is 32.7 Å². The summed E-state index contributed by atoms with van der Waals surface area (Å²) < 4.78 is 5.86. The molecule has 0 saturated carbocycles. The second-order valence-electron chi connectivity index (χ2n) is 7.63. The Kier molecular flexibility index (Phi) is 6.18. The van der Waals surface area contributed by atoms with Gasteiger partial charge in [-0.05, 0) is 18.9 Å². The van der Waals surface area contributed by atoms with Crippen molar-refractivity contribution in [3.63, 3.8) is 0 Å². The summed E-state index contributed by atoms with van der Waals surface area (Å²) in [7, 11) is 0. The number of pyridine rings is 1. The number of likely N-dealkylation sites (tertiary alicyclic amines) is 1. The molecule has 0 spiro atoms. The van der Waals surface area contributed by atoms with E-state index in [2.05, 4.69) is 15.0 Å². The first-order valence-corrected chi connectivity index (χ1v) is 10.3. The lowest BCUT2D eigenvalue weighted by molar-refractivity contribution is -0.145. The molecule has 1 atom stereocenters. The predicted molar refractivity (Wildman–Crippen MR) is 110 cm³/mol. The molecule has 9 heteroatoms. The van der Waals surface area contributed by atoms with E-state index in [1.54, 1.807) is 28.4 Å². The van der Waals surface area contributed by atoms with Gasteiger partial charge in [0.2, 0.25) is 17.8 Å². The topological polar surface area (TPSA) is 115 Å². The van der Waals surface area contributed by atoms with Crippen LogP contribution in [0.5, 0.6) is 0 Å². The lowest BCUT2D eigenvalue weighted by Gasteiger charge is -2.34. The minimum Gasteiger partial charge on any atom is -0.368 e. The van der Waals surface area contributed by atoms with Crippen LogP contribution in [0.25, 0.3) is 11.1 Å². The lowest BCUT2D eigenvalue weighted by Crippen LogP contribution is -2.47. The van der Waals surface area contributed by atoms with Crippen LogP contribution >= 0.6 is 0 Å². The van der Waals surface area contributed by atoms with Crippen molar-refractivity contribution in [2.24, 2.45) is 0 Å². The van der Waals surface area contributed by atoms with Crippen LogP contribution in [0, 0.1) is 0 Å². The van der Waals surface area contributed by atoms with Crippen LogP contribution in [0.4, 0.5) is 5.95 Å². The highest BCUT2D eigenvalue weighted by molar-refractivity contribution is 5.85. The number of carbonyl (C=O) groups excluding carboxylic acids is 2. The monoisotopic (exact) mass is 410 g/mol. The summed E-state index contributed by atoms with van der Waals surface area (Å²) in [6, 6.07) is 3.82. The number of hydrogen-bond acceptors (Lipinski definition) is 7. The van der Waals surface area contributed by atoms with Crippen molar-refractivity contribution >= 4 is 17.8 Å². The largest absolute Gasteiger partial charge is 0.368 e. The SMILES string of the molecule is Nc1ncc(-c2ccc(C3CN(C(=O)CN4CCCCCC4=O)CCO3)nc2)cn1. The highest BCUT2D eigenvalue weighted by Gasteiger charge is 2.28. The highest BCUT2D eigenvalue weighted by atomic mass is 16.5. The van der Waals surface area contributed by atoms with E-state index in [1.807, 2.05) is 12.1 Å². The van der Waals surface area contributed by atoms with Crippen LogP contribution in [0.3, 0.4) is 0 Å². The van der Waals surface area contributed by atoms with Gasteiger partial charge < -0.3 is 20.3 Å². The first kappa shape index (κ1) is 20.2. The Balaban J connectivity index is 1.39. The molecule has 2 aromatic rings. The minimum atomic E-state index is -0.292. The molecule has 0 aromatic carbocycles. The standard InChI is InChI=1S/C21H26N6O3/c22-21-24-11-16(12-25-21)15-5-6-17(23-10-15)18-13-27(8-9-30-18)20(29)14-26-7-3-1-2-4-19(26)28/h5-6,10-12,18H,1-4,7-9,13-14H2,(H2,22,24,25). The summed E-state index contributed by atoms with van der Waals surface area (Å²) in [5, 5.41) is 0. The third-order valence-corrected chi connectivity index (χ3v) is 5.54. The van der Waals surface area contributed by atoms with Crippen LogP contribution in [-0.2, 0) is 14.3 Å². The molecule has 2 aliphatic rings. The number of nitrogen functional groups attached to an aromatic ring is 1. The number of aromatic nitrogens is 3. The van der Waals surface area contributed by atoms with E-state index in [9.17, 15) is 9.59 Å². The normalized spacial score (nSPS) is 20.1. The maximum absolute atomic E-state index is 12.8.